The number of benzene rings is 3. The number of halogens is 1. The van der Waals surface area contributed by atoms with Crippen molar-refractivity contribution in [2.24, 2.45) is 5.73 Å². The van der Waals surface area contributed by atoms with Crippen LogP contribution in [0.5, 0.6) is 0 Å². The number of anilines is 4. The summed E-state index contributed by atoms with van der Waals surface area (Å²) in [4.78, 5) is 32.5. The fraction of sp³-hybridized carbons (Fsp3) is 0.219. The molecule has 1 atom stereocenters. The minimum absolute atomic E-state index is 0.220. The first-order valence-electron chi connectivity index (χ1n) is 13.7. The Labute approximate surface area is 256 Å². The van der Waals surface area contributed by atoms with E-state index in [9.17, 15) is 9.59 Å². The van der Waals surface area contributed by atoms with Crippen LogP contribution in [0.3, 0.4) is 0 Å². The van der Waals surface area contributed by atoms with Gasteiger partial charge in [0, 0.05) is 18.8 Å². The predicted octanol–water partition coefficient (Wildman–Crippen LogP) is 3.52. The number of nitrogens with two attached hydrogens (primary N) is 1. The summed E-state index contributed by atoms with van der Waals surface area (Å²) in [5, 5.41) is 6.92. The number of nitrogens with one attached hydrogen (secondary N) is 2. The predicted molar refractivity (Wildman–Crippen MR) is 168 cm³/mol. The van der Waals surface area contributed by atoms with E-state index in [1.807, 2.05) is 55.5 Å². The number of nitrogens with zero attached hydrogens (tertiary/aromatic N) is 2. The SMILES string of the molecule is CC(Cc1ccc(N2CCOCC2)cc1)(C(N)=O)c1ccc2c(c1)NC(=O)c1ccc([As]c3ccnc(Cl)c3)cc1N2. The average molecular weight is 643 g/mol. The number of morpholine rings is 1. The zero-order valence-electron chi connectivity index (χ0n) is 23.1. The fourth-order valence-electron chi connectivity index (χ4n) is 5.33. The van der Waals surface area contributed by atoms with Crippen molar-refractivity contribution in [3.8, 4) is 0 Å². The van der Waals surface area contributed by atoms with Gasteiger partial charge in [-0.2, -0.15) is 0 Å². The Bertz CT molecular complexity index is 1660. The van der Waals surface area contributed by atoms with Crippen LogP contribution < -0.4 is 30.0 Å². The molecule has 8 nitrogen and oxygen atoms in total. The zero-order chi connectivity index (χ0) is 29.3. The summed E-state index contributed by atoms with van der Waals surface area (Å²) in [6, 6.07) is 23.6. The number of hydrogen-bond donors (Lipinski definition) is 3. The molecular formula is C32H30AsClN5O3. The molecule has 42 heavy (non-hydrogen) atoms. The van der Waals surface area contributed by atoms with Gasteiger partial charge in [0.25, 0.3) is 0 Å². The normalized spacial score (nSPS) is 16.1. The number of fused-ring (bicyclic) bond motifs is 2. The molecule has 3 heterocycles. The maximum atomic E-state index is 13.3. The summed E-state index contributed by atoms with van der Waals surface area (Å²) >= 11 is 5.73. The summed E-state index contributed by atoms with van der Waals surface area (Å²) in [6.07, 6.45) is 2.13. The van der Waals surface area contributed by atoms with Crippen LogP contribution in [0.15, 0.2) is 79.0 Å². The molecule has 1 saturated heterocycles. The summed E-state index contributed by atoms with van der Waals surface area (Å²) in [5.74, 6) is -0.650. The van der Waals surface area contributed by atoms with E-state index in [4.69, 9.17) is 22.1 Å². The summed E-state index contributed by atoms with van der Waals surface area (Å²) in [6.45, 7) is 5.02. The Hall–Kier alpha value is -3.84. The molecule has 213 valence electrons. The van der Waals surface area contributed by atoms with Gasteiger partial charge in [0.2, 0.25) is 0 Å². The number of aromatic nitrogens is 1. The van der Waals surface area contributed by atoms with Crippen LogP contribution in [-0.2, 0) is 21.4 Å². The van der Waals surface area contributed by atoms with Gasteiger partial charge in [0.05, 0.1) is 13.2 Å². The van der Waals surface area contributed by atoms with E-state index in [-0.39, 0.29) is 21.7 Å². The van der Waals surface area contributed by atoms with Crippen LogP contribution in [0.2, 0.25) is 5.15 Å². The first kappa shape index (κ1) is 28.3. The molecule has 0 spiro atoms. The van der Waals surface area contributed by atoms with Gasteiger partial charge in [-0.15, -0.1) is 0 Å². The van der Waals surface area contributed by atoms with Crippen LogP contribution in [0, 0.1) is 0 Å². The average Bonchev–Trinajstić information content (AvgIpc) is 3.12. The Morgan fingerprint density at radius 1 is 0.976 bits per heavy atom. The maximum absolute atomic E-state index is 13.3. The second kappa shape index (κ2) is 11.8. The molecule has 3 aromatic carbocycles. The van der Waals surface area contributed by atoms with Gasteiger partial charge < -0.3 is 9.64 Å². The van der Waals surface area contributed by atoms with Crippen molar-refractivity contribution in [2.75, 3.05) is 41.8 Å². The van der Waals surface area contributed by atoms with E-state index in [1.54, 1.807) is 6.20 Å². The Morgan fingerprint density at radius 3 is 2.48 bits per heavy atom. The van der Waals surface area contributed by atoms with Gasteiger partial charge in [-0.1, -0.05) is 0 Å². The minimum atomic E-state index is -0.984. The van der Waals surface area contributed by atoms with E-state index in [0.717, 1.165) is 63.2 Å². The number of ether oxygens (including phenoxy) is 1. The fourth-order valence-corrected chi connectivity index (χ4v) is 7.71. The van der Waals surface area contributed by atoms with Gasteiger partial charge in [0.1, 0.15) is 0 Å². The van der Waals surface area contributed by atoms with Crippen molar-refractivity contribution in [1.82, 2.24) is 4.98 Å². The van der Waals surface area contributed by atoms with E-state index >= 15 is 0 Å². The number of primary amides is 1. The molecule has 10 heteroatoms. The van der Waals surface area contributed by atoms with Crippen molar-refractivity contribution in [3.63, 3.8) is 0 Å². The van der Waals surface area contributed by atoms with Crippen molar-refractivity contribution in [1.29, 1.82) is 0 Å². The molecule has 4 aromatic rings. The van der Waals surface area contributed by atoms with Gasteiger partial charge in [-0.05, 0) is 12.1 Å². The summed E-state index contributed by atoms with van der Waals surface area (Å²) in [7, 11) is 0. The number of amides is 2. The molecule has 1 radical (unpaired) electrons. The van der Waals surface area contributed by atoms with Gasteiger partial charge in [0.15, 0.2) is 0 Å². The number of pyridine rings is 1. The molecular weight excluding hydrogens is 613 g/mol. The Morgan fingerprint density at radius 2 is 1.74 bits per heavy atom. The molecule has 2 aliphatic rings. The van der Waals surface area contributed by atoms with Crippen molar-refractivity contribution < 1.29 is 14.3 Å². The third-order valence-electron chi connectivity index (χ3n) is 7.80. The summed E-state index contributed by atoms with van der Waals surface area (Å²) in [5.41, 5.74) is 10.5. The van der Waals surface area contributed by atoms with Crippen molar-refractivity contribution in [3.05, 3.63) is 101 Å². The van der Waals surface area contributed by atoms with E-state index in [0.29, 0.717) is 22.8 Å². The monoisotopic (exact) mass is 642 g/mol. The quantitative estimate of drug-likeness (QED) is 0.210. The third-order valence-corrected chi connectivity index (χ3v) is 10.3. The standard InChI is InChI=1S/C32H30AsClN5O3/c1-32(31(35)41,19-20-2-6-24(7-3-20)39-12-14-42-15-13-39)21-4-9-26-28(16-21)38-30(40)25-8-5-22(17-27(25)37-26)33-23-10-11-36-29(34)18-23/h2-11,16-18,37H,12-15,19H2,1H3,(H2,35,41)(H,38,40). The number of hydrogen-bond acceptors (Lipinski definition) is 6. The topological polar surface area (TPSA) is 110 Å². The van der Waals surface area contributed by atoms with Crippen LogP contribution >= 0.6 is 11.6 Å². The van der Waals surface area contributed by atoms with Gasteiger partial charge >= 0.3 is 203 Å². The summed E-state index contributed by atoms with van der Waals surface area (Å²) < 4.78 is 7.70. The zero-order valence-corrected chi connectivity index (χ0v) is 25.7. The van der Waals surface area contributed by atoms with Crippen LogP contribution in [0.25, 0.3) is 0 Å². The molecule has 1 fully saturated rings. The second-order valence-electron chi connectivity index (χ2n) is 10.7. The van der Waals surface area contributed by atoms with Crippen molar-refractivity contribution in [2.45, 2.75) is 18.8 Å². The van der Waals surface area contributed by atoms with Crippen molar-refractivity contribution >= 4 is 70.6 Å². The second-order valence-corrected chi connectivity index (χ2v) is 13.7. The van der Waals surface area contributed by atoms with Gasteiger partial charge in [-0.25, -0.2) is 0 Å². The van der Waals surface area contributed by atoms with Crippen LogP contribution in [0.4, 0.5) is 22.7 Å². The molecule has 1 unspecified atom stereocenters. The number of rotatable bonds is 7. The van der Waals surface area contributed by atoms with Crippen LogP contribution in [0.1, 0.15) is 28.4 Å². The number of carbonyl (C=O) groups is 2. The Kier molecular flexibility index (Phi) is 7.95. The first-order valence-corrected chi connectivity index (χ1v) is 16.0. The van der Waals surface area contributed by atoms with E-state index in [2.05, 4.69) is 44.8 Å². The molecule has 0 bridgehead atoms. The molecule has 2 aliphatic heterocycles. The molecule has 6 rings (SSSR count). The molecule has 0 saturated carbocycles. The number of carbonyl (C=O) groups excluding carboxylic acids is 2. The van der Waals surface area contributed by atoms with Crippen LogP contribution in [-0.4, -0.2) is 58.9 Å². The van der Waals surface area contributed by atoms with E-state index in [1.165, 1.54) is 0 Å². The molecule has 2 amide bonds. The Balaban J connectivity index is 1.25. The first-order chi connectivity index (χ1) is 20.3. The molecule has 4 N–H and O–H groups in total. The van der Waals surface area contributed by atoms with Gasteiger partial charge in [-0.3, -0.25) is 0 Å². The molecule has 0 aliphatic carbocycles. The van der Waals surface area contributed by atoms with E-state index < -0.39 is 11.3 Å². The third kappa shape index (κ3) is 5.88. The molecule has 1 aromatic heterocycles.